The van der Waals surface area contributed by atoms with Gasteiger partial charge >= 0.3 is 5.97 Å². The Kier molecular flexibility index (Phi) is 7.92. The molecule has 0 fully saturated rings. The van der Waals surface area contributed by atoms with Crippen LogP contribution >= 0.6 is 11.6 Å². The summed E-state index contributed by atoms with van der Waals surface area (Å²) >= 11 is 6.21. The number of rotatable bonds is 8. The summed E-state index contributed by atoms with van der Waals surface area (Å²) in [5.41, 5.74) is 2.11. The third-order valence-electron chi connectivity index (χ3n) is 5.67. The Balaban J connectivity index is 1.44. The van der Waals surface area contributed by atoms with Gasteiger partial charge in [0.2, 0.25) is 0 Å². The highest BCUT2D eigenvalue weighted by Crippen LogP contribution is 2.30. The Labute approximate surface area is 229 Å². The van der Waals surface area contributed by atoms with Crippen LogP contribution in [0.25, 0.3) is 0 Å². The Morgan fingerprint density at radius 3 is 2.08 bits per heavy atom. The summed E-state index contributed by atoms with van der Waals surface area (Å²) < 4.78 is 5.15. The summed E-state index contributed by atoms with van der Waals surface area (Å²) in [6, 6.07) is 18.6. The Morgan fingerprint density at radius 1 is 0.821 bits per heavy atom. The third-order valence-corrected chi connectivity index (χ3v) is 6.03. The number of carbonyl (C=O) groups is 5. The lowest BCUT2D eigenvalue weighted by atomic mass is 10.1. The van der Waals surface area contributed by atoms with Gasteiger partial charge < -0.3 is 15.4 Å². The van der Waals surface area contributed by atoms with E-state index in [9.17, 15) is 24.0 Å². The molecule has 9 nitrogen and oxygen atoms in total. The second-order valence-electron chi connectivity index (χ2n) is 8.93. The molecular weight excluding hydrogens is 522 g/mol. The lowest BCUT2D eigenvalue weighted by Crippen LogP contribution is -2.32. The van der Waals surface area contributed by atoms with Gasteiger partial charge in [-0.1, -0.05) is 23.7 Å². The standard InChI is InChI=1S/C29H24ClN3O6/c1-16(2)39-29(38)19-9-13-23(14-10-19)33-27(36)24(30)25(28(33)37)31-21-11-7-18(8-12-21)26(35)32-22-6-4-5-20(15-22)17(3)34/h4-16,31H,1-3H3,(H,32,35). The molecule has 0 saturated carbocycles. The van der Waals surface area contributed by atoms with Gasteiger partial charge in [0, 0.05) is 22.5 Å². The van der Waals surface area contributed by atoms with Gasteiger partial charge in [0.05, 0.1) is 17.4 Å². The fourth-order valence-corrected chi connectivity index (χ4v) is 3.96. The number of hydrogen-bond donors (Lipinski definition) is 2. The molecule has 0 bridgehead atoms. The molecule has 0 spiro atoms. The van der Waals surface area contributed by atoms with Crippen LogP contribution in [0, 0.1) is 0 Å². The number of Topliss-reactive ketones (excluding diaryl/α,β-unsaturated/α-hetero) is 1. The predicted molar refractivity (Wildman–Crippen MR) is 147 cm³/mol. The largest absolute Gasteiger partial charge is 0.459 e. The average Bonchev–Trinajstić information content (AvgIpc) is 3.11. The maximum Gasteiger partial charge on any atom is 0.338 e. The number of nitrogens with one attached hydrogen (secondary N) is 2. The van der Waals surface area contributed by atoms with E-state index < -0.39 is 23.7 Å². The number of ether oxygens (including phenoxy) is 1. The van der Waals surface area contributed by atoms with Gasteiger partial charge in [0.1, 0.15) is 10.7 Å². The number of carbonyl (C=O) groups excluding carboxylic acids is 5. The molecule has 0 radical (unpaired) electrons. The molecule has 0 aliphatic carbocycles. The number of hydrogen-bond acceptors (Lipinski definition) is 7. The number of anilines is 3. The highest BCUT2D eigenvalue weighted by atomic mass is 35.5. The number of amides is 3. The zero-order valence-electron chi connectivity index (χ0n) is 21.3. The van der Waals surface area contributed by atoms with Gasteiger partial charge in [-0.3, -0.25) is 19.2 Å². The molecular formula is C29H24ClN3O6. The topological polar surface area (TPSA) is 122 Å². The zero-order chi connectivity index (χ0) is 28.3. The van der Waals surface area contributed by atoms with Crippen molar-refractivity contribution in [3.63, 3.8) is 0 Å². The zero-order valence-corrected chi connectivity index (χ0v) is 22.0. The van der Waals surface area contributed by atoms with Crippen LogP contribution in [0.5, 0.6) is 0 Å². The number of imide groups is 1. The van der Waals surface area contributed by atoms with E-state index in [-0.39, 0.29) is 33.9 Å². The molecule has 4 rings (SSSR count). The van der Waals surface area contributed by atoms with E-state index in [1.807, 2.05) is 0 Å². The van der Waals surface area contributed by atoms with Gasteiger partial charge in [0.15, 0.2) is 5.78 Å². The average molecular weight is 546 g/mol. The van der Waals surface area contributed by atoms with Crippen molar-refractivity contribution in [3.8, 4) is 0 Å². The van der Waals surface area contributed by atoms with Crippen LogP contribution in [0.15, 0.2) is 83.5 Å². The molecule has 0 aromatic heterocycles. The van der Waals surface area contributed by atoms with Crippen LogP contribution in [-0.4, -0.2) is 35.6 Å². The first-order chi connectivity index (χ1) is 18.5. The minimum Gasteiger partial charge on any atom is -0.459 e. The first-order valence-electron chi connectivity index (χ1n) is 11.9. The maximum absolute atomic E-state index is 13.1. The SMILES string of the molecule is CC(=O)c1cccc(NC(=O)c2ccc(NC3=C(Cl)C(=O)N(c4ccc(C(=O)OC(C)C)cc4)C3=O)cc2)c1. The van der Waals surface area contributed by atoms with E-state index in [4.69, 9.17) is 16.3 Å². The number of nitrogens with zero attached hydrogens (tertiary/aromatic N) is 1. The first-order valence-corrected chi connectivity index (χ1v) is 12.3. The first kappa shape index (κ1) is 27.3. The van der Waals surface area contributed by atoms with Crippen molar-refractivity contribution in [2.24, 2.45) is 0 Å². The van der Waals surface area contributed by atoms with Crippen molar-refractivity contribution in [3.05, 3.63) is 100 Å². The molecule has 3 aromatic carbocycles. The monoisotopic (exact) mass is 545 g/mol. The summed E-state index contributed by atoms with van der Waals surface area (Å²) in [4.78, 5) is 63.0. The summed E-state index contributed by atoms with van der Waals surface area (Å²) in [5.74, 6) is -2.41. The minimum absolute atomic E-state index is 0.114. The summed E-state index contributed by atoms with van der Waals surface area (Å²) in [5, 5.41) is 5.29. The van der Waals surface area contributed by atoms with Crippen LogP contribution in [0.4, 0.5) is 17.1 Å². The lowest BCUT2D eigenvalue weighted by Gasteiger charge is -2.16. The van der Waals surface area contributed by atoms with Gasteiger partial charge in [-0.15, -0.1) is 0 Å². The highest BCUT2D eigenvalue weighted by molar-refractivity contribution is 6.53. The van der Waals surface area contributed by atoms with Crippen molar-refractivity contribution in [1.29, 1.82) is 0 Å². The van der Waals surface area contributed by atoms with Crippen molar-refractivity contribution in [2.75, 3.05) is 15.5 Å². The molecule has 0 unspecified atom stereocenters. The summed E-state index contributed by atoms with van der Waals surface area (Å²) in [7, 11) is 0. The fraction of sp³-hybridized carbons (Fsp3) is 0.138. The van der Waals surface area contributed by atoms with E-state index in [1.54, 1.807) is 50.2 Å². The van der Waals surface area contributed by atoms with Crippen molar-refractivity contribution >= 4 is 58.1 Å². The number of benzene rings is 3. The van der Waals surface area contributed by atoms with Crippen LogP contribution in [-0.2, 0) is 14.3 Å². The quantitative estimate of drug-likeness (QED) is 0.228. The molecule has 1 heterocycles. The van der Waals surface area contributed by atoms with E-state index in [1.165, 1.54) is 43.3 Å². The van der Waals surface area contributed by atoms with E-state index in [0.717, 1.165) is 4.90 Å². The second-order valence-corrected chi connectivity index (χ2v) is 9.31. The van der Waals surface area contributed by atoms with E-state index in [2.05, 4.69) is 10.6 Å². The van der Waals surface area contributed by atoms with Crippen LogP contribution in [0.2, 0.25) is 0 Å². The third kappa shape index (κ3) is 6.05. The molecule has 3 aromatic rings. The normalized spacial score (nSPS) is 13.1. The molecule has 0 atom stereocenters. The van der Waals surface area contributed by atoms with Gasteiger partial charge in [-0.2, -0.15) is 0 Å². The summed E-state index contributed by atoms with van der Waals surface area (Å²) in [6.45, 7) is 4.91. The smallest absolute Gasteiger partial charge is 0.338 e. The highest BCUT2D eigenvalue weighted by Gasteiger charge is 2.39. The molecule has 198 valence electrons. The maximum atomic E-state index is 13.1. The van der Waals surface area contributed by atoms with Crippen molar-refractivity contribution in [1.82, 2.24) is 0 Å². The second kappa shape index (κ2) is 11.3. The number of halogens is 1. The van der Waals surface area contributed by atoms with Gasteiger partial charge in [-0.25, -0.2) is 9.69 Å². The molecule has 3 amide bonds. The van der Waals surface area contributed by atoms with Crippen molar-refractivity contribution < 1.29 is 28.7 Å². The molecule has 39 heavy (non-hydrogen) atoms. The van der Waals surface area contributed by atoms with Gasteiger partial charge in [-0.05, 0) is 81.4 Å². The lowest BCUT2D eigenvalue weighted by molar-refractivity contribution is -0.120. The van der Waals surface area contributed by atoms with Crippen LogP contribution < -0.4 is 15.5 Å². The fourth-order valence-electron chi connectivity index (χ4n) is 3.74. The molecule has 10 heteroatoms. The number of esters is 1. The van der Waals surface area contributed by atoms with Crippen LogP contribution in [0.1, 0.15) is 51.8 Å². The molecule has 1 aliphatic rings. The minimum atomic E-state index is -0.717. The molecule has 2 N–H and O–H groups in total. The molecule has 1 aliphatic heterocycles. The van der Waals surface area contributed by atoms with E-state index in [0.29, 0.717) is 22.5 Å². The Morgan fingerprint density at radius 2 is 1.46 bits per heavy atom. The molecule has 0 saturated heterocycles. The summed E-state index contributed by atoms with van der Waals surface area (Å²) in [6.07, 6.45) is -0.288. The number of ketones is 1. The van der Waals surface area contributed by atoms with Gasteiger partial charge in [0.25, 0.3) is 17.7 Å². The van der Waals surface area contributed by atoms with Crippen molar-refractivity contribution in [2.45, 2.75) is 26.9 Å². The van der Waals surface area contributed by atoms with E-state index >= 15 is 0 Å². The Hall–Kier alpha value is -4.76. The predicted octanol–water partition coefficient (Wildman–Crippen LogP) is 5.14. The van der Waals surface area contributed by atoms with Crippen LogP contribution in [0.3, 0.4) is 0 Å². The Bertz CT molecular complexity index is 1510.